The van der Waals surface area contributed by atoms with Crippen LogP contribution in [0, 0.1) is 0 Å². The van der Waals surface area contributed by atoms with Gasteiger partial charge in [0.25, 0.3) is 5.91 Å². The summed E-state index contributed by atoms with van der Waals surface area (Å²) in [5, 5.41) is 9.29. The van der Waals surface area contributed by atoms with Gasteiger partial charge >= 0.3 is 0 Å². The van der Waals surface area contributed by atoms with Crippen LogP contribution in [-0.2, 0) is 6.61 Å². The van der Waals surface area contributed by atoms with Gasteiger partial charge in [-0.25, -0.2) is 15.0 Å². The van der Waals surface area contributed by atoms with Crippen molar-refractivity contribution in [3.8, 4) is 17.1 Å². The number of aromatic nitrogens is 4. The molecule has 8 heteroatoms. The first-order valence-electron chi connectivity index (χ1n) is 8.19. The molecule has 0 aliphatic carbocycles. The highest BCUT2D eigenvalue weighted by molar-refractivity contribution is 5.93. The van der Waals surface area contributed by atoms with Crippen LogP contribution in [0.5, 0.6) is 0 Å². The molecule has 0 spiro atoms. The zero-order valence-corrected chi connectivity index (χ0v) is 14.2. The quantitative estimate of drug-likeness (QED) is 0.507. The number of carbonyl (C=O) groups excluding carboxylic acids is 1. The highest BCUT2D eigenvalue weighted by Gasteiger charge is 2.19. The number of hydrogen-bond donors (Lipinski definition) is 3. The molecular weight excluding hydrogens is 344 g/mol. The number of imidazole rings is 1. The lowest BCUT2D eigenvalue weighted by atomic mass is 10.2. The zero-order valence-electron chi connectivity index (χ0n) is 14.2. The molecule has 8 nitrogen and oxygen atoms in total. The number of nitrogens with two attached hydrogens (primary N) is 2. The number of nitrogens with zero attached hydrogens (tertiary/aromatic N) is 4. The SMILES string of the molecule is NC(=O)c1ccc2nc(-c3cccnc3N)n(-c3ccc(CO)cc3)c2n1. The maximum atomic E-state index is 11.6. The first-order valence-corrected chi connectivity index (χ1v) is 8.19. The lowest BCUT2D eigenvalue weighted by molar-refractivity contribution is 0.0996. The molecule has 0 radical (unpaired) electrons. The Morgan fingerprint density at radius 3 is 2.52 bits per heavy atom. The lowest BCUT2D eigenvalue weighted by Crippen LogP contribution is -2.13. The molecular formula is C19H16N6O2. The Balaban J connectivity index is 2.04. The number of aliphatic hydroxyl groups excluding tert-OH is 1. The van der Waals surface area contributed by atoms with E-state index in [1.54, 1.807) is 35.0 Å². The second-order valence-corrected chi connectivity index (χ2v) is 5.94. The summed E-state index contributed by atoms with van der Waals surface area (Å²) in [5.74, 6) is 0.250. The Kier molecular flexibility index (Phi) is 4.02. The summed E-state index contributed by atoms with van der Waals surface area (Å²) in [6.45, 7) is -0.0581. The third-order valence-electron chi connectivity index (χ3n) is 4.21. The summed E-state index contributed by atoms with van der Waals surface area (Å²) in [6.07, 6.45) is 1.60. The van der Waals surface area contributed by atoms with Crippen LogP contribution in [0.1, 0.15) is 16.1 Å². The number of anilines is 1. The van der Waals surface area contributed by atoms with Crippen molar-refractivity contribution >= 4 is 22.9 Å². The van der Waals surface area contributed by atoms with E-state index in [1.165, 1.54) is 6.07 Å². The van der Waals surface area contributed by atoms with E-state index in [1.807, 2.05) is 18.2 Å². The van der Waals surface area contributed by atoms with E-state index >= 15 is 0 Å². The van der Waals surface area contributed by atoms with Crippen LogP contribution >= 0.6 is 0 Å². The van der Waals surface area contributed by atoms with Gasteiger partial charge in [0.05, 0.1) is 12.2 Å². The van der Waals surface area contributed by atoms with E-state index in [9.17, 15) is 9.90 Å². The maximum absolute atomic E-state index is 11.6. The molecule has 4 aromatic rings. The van der Waals surface area contributed by atoms with Gasteiger partial charge in [-0.15, -0.1) is 0 Å². The first-order chi connectivity index (χ1) is 13.1. The summed E-state index contributed by atoms with van der Waals surface area (Å²) >= 11 is 0. The number of fused-ring (bicyclic) bond motifs is 1. The molecule has 0 bridgehead atoms. The van der Waals surface area contributed by atoms with Crippen molar-refractivity contribution in [2.75, 3.05) is 5.73 Å². The fourth-order valence-corrected chi connectivity index (χ4v) is 2.88. The highest BCUT2D eigenvalue weighted by Crippen LogP contribution is 2.30. The summed E-state index contributed by atoms with van der Waals surface area (Å²) < 4.78 is 1.79. The van der Waals surface area contributed by atoms with Crippen LogP contribution in [0.4, 0.5) is 5.82 Å². The molecule has 0 atom stereocenters. The summed E-state index contributed by atoms with van der Waals surface area (Å²) in [4.78, 5) is 24.7. The van der Waals surface area contributed by atoms with Crippen LogP contribution in [0.2, 0.25) is 0 Å². The predicted molar refractivity (Wildman–Crippen MR) is 101 cm³/mol. The minimum absolute atomic E-state index is 0.0581. The van der Waals surface area contributed by atoms with Crippen molar-refractivity contribution < 1.29 is 9.90 Å². The molecule has 0 fully saturated rings. The predicted octanol–water partition coefficient (Wildman–Crippen LogP) is 1.66. The Labute approximate surface area is 154 Å². The fourth-order valence-electron chi connectivity index (χ4n) is 2.88. The van der Waals surface area contributed by atoms with Gasteiger partial charge in [0, 0.05) is 11.9 Å². The second-order valence-electron chi connectivity index (χ2n) is 5.94. The van der Waals surface area contributed by atoms with Gasteiger partial charge in [-0.1, -0.05) is 12.1 Å². The van der Waals surface area contributed by atoms with Crippen molar-refractivity contribution in [3.05, 3.63) is 66.0 Å². The van der Waals surface area contributed by atoms with Crippen molar-refractivity contribution in [1.82, 2.24) is 19.5 Å². The highest BCUT2D eigenvalue weighted by atomic mass is 16.3. The standard InChI is InChI=1S/C19H16N6O2/c20-16-13(2-1-9-22-16)18-24-15-8-7-14(17(21)27)23-19(15)25(18)12-5-3-11(10-26)4-6-12/h1-9,26H,10H2,(H2,20,22)(H2,21,27). The van der Waals surface area contributed by atoms with Gasteiger partial charge in [-0.05, 0) is 42.0 Å². The summed E-state index contributed by atoms with van der Waals surface area (Å²) in [5.41, 5.74) is 14.8. The van der Waals surface area contributed by atoms with E-state index in [4.69, 9.17) is 11.5 Å². The number of nitrogen functional groups attached to an aromatic ring is 1. The molecule has 0 aliphatic heterocycles. The third-order valence-corrected chi connectivity index (χ3v) is 4.21. The zero-order chi connectivity index (χ0) is 19.0. The molecule has 1 amide bonds. The van der Waals surface area contributed by atoms with Crippen molar-refractivity contribution in [2.45, 2.75) is 6.61 Å². The van der Waals surface area contributed by atoms with Crippen LogP contribution in [0.3, 0.4) is 0 Å². The van der Waals surface area contributed by atoms with E-state index in [2.05, 4.69) is 15.0 Å². The summed E-state index contributed by atoms with van der Waals surface area (Å²) in [6, 6.07) is 14.1. The van der Waals surface area contributed by atoms with Crippen molar-refractivity contribution in [3.63, 3.8) is 0 Å². The molecule has 1 aromatic carbocycles. The van der Waals surface area contributed by atoms with Gasteiger partial charge in [-0.3, -0.25) is 9.36 Å². The molecule has 3 aromatic heterocycles. The van der Waals surface area contributed by atoms with Crippen molar-refractivity contribution in [2.24, 2.45) is 5.73 Å². The topological polar surface area (TPSA) is 133 Å². The van der Waals surface area contributed by atoms with Crippen LogP contribution < -0.4 is 11.5 Å². The number of benzene rings is 1. The van der Waals surface area contributed by atoms with E-state index in [0.717, 1.165) is 11.3 Å². The van der Waals surface area contributed by atoms with Crippen LogP contribution in [0.15, 0.2) is 54.7 Å². The van der Waals surface area contributed by atoms with Crippen molar-refractivity contribution in [1.29, 1.82) is 0 Å². The molecule has 4 rings (SSSR count). The minimum atomic E-state index is -0.622. The van der Waals surface area contributed by atoms with Gasteiger partial charge in [0.1, 0.15) is 17.0 Å². The number of aliphatic hydroxyl groups is 1. The van der Waals surface area contributed by atoms with Gasteiger partial charge in [-0.2, -0.15) is 0 Å². The average Bonchev–Trinajstić information content (AvgIpc) is 3.06. The van der Waals surface area contributed by atoms with E-state index in [0.29, 0.717) is 28.4 Å². The number of hydrogen-bond acceptors (Lipinski definition) is 6. The molecule has 134 valence electrons. The number of pyridine rings is 2. The number of carbonyl (C=O) groups is 1. The Morgan fingerprint density at radius 1 is 1.07 bits per heavy atom. The number of rotatable bonds is 4. The number of primary amides is 1. The molecule has 0 unspecified atom stereocenters. The van der Waals surface area contributed by atoms with Gasteiger partial charge < -0.3 is 16.6 Å². The Hall–Kier alpha value is -3.78. The van der Waals surface area contributed by atoms with Crippen LogP contribution in [-0.4, -0.2) is 30.5 Å². The molecule has 3 heterocycles. The summed E-state index contributed by atoms with van der Waals surface area (Å²) in [7, 11) is 0. The monoisotopic (exact) mass is 360 g/mol. The lowest BCUT2D eigenvalue weighted by Gasteiger charge is -2.11. The second kappa shape index (κ2) is 6.50. The minimum Gasteiger partial charge on any atom is -0.392 e. The molecule has 0 aliphatic rings. The average molecular weight is 360 g/mol. The molecule has 0 saturated carbocycles. The molecule has 0 saturated heterocycles. The Morgan fingerprint density at radius 2 is 1.85 bits per heavy atom. The Bertz CT molecular complexity index is 1150. The maximum Gasteiger partial charge on any atom is 0.267 e. The smallest absolute Gasteiger partial charge is 0.267 e. The largest absolute Gasteiger partial charge is 0.392 e. The molecule has 27 heavy (non-hydrogen) atoms. The normalized spacial score (nSPS) is 11.0. The molecule has 5 N–H and O–H groups in total. The number of amides is 1. The van der Waals surface area contributed by atoms with E-state index in [-0.39, 0.29) is 12.3 Å². The van der Waals surface area contributed by atoms with Gasteiger partial charge in [0.15, 0.2) is 11.5 Å². The van der Waals surface area contributed by atoms with E-state index < -0.39 is 5.91 Å². The fraction of sp³-hybridized carbons (Fsp3) is 0.0526. The third kappa shape index (κ3) is 2.87. The van der Waals surface area contributed by atoms with Crippen LogP contribution in [0.25, 0.3) is 28.2 Å². The van der Waals surface area contributed by atoms with Gasteiger partial charge in [0.2, 0.25) is 0 Å². The first kappa shape index (κ1) is 16.7.